The van der Waals surface area contributed by atoms with Crippen LogP contribution in [0.5, 0.6) is 5.75 Å². The number of para-hydroxylation sites is 1. The largest absolute Gasteiger partial charge is 0.484 e. The molecule has 24 heavy (non-hydrogen) atoms. The van der Waals surface area contributed by atoms with Gasteiger partial charge in [0.1, 0.15) is 17.2 Å². The standard InChI is InChI=1S/C19H20FNO3/c1-14-4-2-3-5-17(14)24-12-18(22)21-11-10-19(23,13-21)15-6-8-16(20)9-7-15/h2-9,23H,10-13H2,1H3/t19-/m0/s1. The molecule has 1 amide bonds. The van der Waals surface area contributed by atoms with E-state index in [9.17, 15) is 14.3 Å². The second kappa shape index (κ2) is 6.61. The predicted molar refractivity (Wildman–Crippen MR) is 88.2 cm³/mol. The molecule has 0 aromatic heterocycles. The van der Waals surface area contributed by atoms with Crippen molar-refractivity contribution in [3.8, 4) is 5.75 Å². The third-order valence-electron chi connectivity index (χ3n) is 4.43. The number of aryl methyl sites for hydroxylation is 1. The Morgan fingerprint density at radius 2 is 1.96 bits per heavy atom. The van der Waals surface area contributed by atoms with Crippen molar-refractivity contribution in [2.24, 2.45) is 0 Å². The van der Waals surface area contributed by atoms with Gasteiger partial charge in [-0.05, 0) is 42.7 Å². The van der Waals surface area contributed by atoms with Crippen LogP contribution in [-0.2, 0) is 10.4 Å². The lowest BCUT2D eigenvalue weighted by atomic mass is 9.93. The Hall–Kier alpha value is -2.40. The van der Waals surface area contributed by atoms with Crippen molar-refractivity contribution in [2.45, 2.75) is 18.9 Å². The first kappa shape index (κ1) is 16.5. The van der Waals surface area contributed by atoms with E-state index in [1.807, 2.05) is 31.2 Å². The van der Waals surface area contributed by atoms with Gasteiger partial charge in [0.05, 0.1) is 6.54 Å². The zero-order valence-electron chi connectivity index (χ0n) is 13.5. The molecule has 1 fully saturated rings. The fraction of sp³-hybridized carbons (Fsp3) is 0.316. The molecule has 1 atom stereocenters. The number of β-amino-alcohol motifs (C(OH)–C–C–N with tert-alkyl or cyclic N) is 1. The number of carbonyl (C=O) groups is 1. The third kappa shape index (κ3) is 3.41. The van der Waals surface area contributed by atoms with Crippen LogP contribution in [0.4, 0.5) is 4.39 Å². The van der Waals surface area contributed by atoms with Crippen molar-refractivity contribution < 1.29 is 19.0 Å². The quantitative estimate of drug-likeness (QED) is 0.938. The molecule has 0 radical (unpaired) electrons. The van der Waals surface area contributed by atoms with Crippen molar-refractivity contribution in [1.29, 1.82) is 0 Å². The van der Waals surface area contributed by atoms with E-state index in [1.165, 1.54) is 12.1 Å². The summed E-state index contributed by atoms with van der Waals surface area (Å²) in [7, 11) is 0. The highest BCUT2D eigenvalue weighted by molar-refractivity contribution is 5.78. The number of likely N-dealkylation sites (tertiary alicyclic amines) is 1. The number of hydrogen-bond acceptors (Lipinski definition) is 3. The van der Waals surface area contributed by atoms with Gasteiger partial charge >= 0.3 is 0 Å². The Morgan fingerprint density at radius 1 is 1.25 bits per heavy atom. The first-order valence-corrected chi connectivity index (χ1v) is 7.92. The minimum Gasteiger partial charge on any atom is -0.484 e. The smallest absolute Gasteiger partial charge is 0.260 e. The van der Waals surface area contributed by atoms with Crippen molar-refractivity contribution in [3.05, 3.63) is 65.5 Å². The molecule has 0 unspecified atom stereocenters. The number of carbonyl (C=O) groups excluding carboxylic acids is 1. The fourth-order valence-corrected chi connectivity index (χ4v) is 2.95. The zero-order chi connectivity index (χ0) is 17.2. The first-order chi connectivity index (χ1) is 11.5. The Labute approximate surface area is 140 Å². The molecular weight excluding hydrogens is 309 g/mol. The van der Waals surface area contributed by atoms with E-state index in [0.717, 1.165) is 5.56 Å². The molecule has 126 valence electrons. The van der Waals surface area contributed by atoms with E-state index in [0.29, 0.717) is 24.3 Å². The normalized spacial score (nSPS) is 20.2. The van der Waals surface area contributed by atoms with Crippen LogP contribution in [0.25, 0.3) is 0 Å². The van der Waals surface area contributed by atoms with Crippen LogP contribution in [-0.4, -0.2) is 35.6 Å². The van der Waals surface area contributed by atoms with Crippen LogP contribution in [0.3, 0.4) is 0 Å². The number of halogens is 1. The molecule has 1 aliphatic heterocycles. The van der Waals surface area contributed by atoms with Crippen molar-refractivity contribution in [1.82, 2.24) is 4.90 Å². The summed E-state index contributed by atoms with van der Waals surface area (Å²) in [6, 6.07) is 13.3. The summed E-state index contributed by atoms with van der Waals surface area (Å²) in [5.74, 6) is 0.162. The Bertz CT molecular complexity index is 732. The monoisotopic (exact) mass is 329 g/mol. The highest BCUT2D eigenvalue weighted by atomic mass is 19.1. The van der Waals surface area contributed by atoms with Gasteiger partial charge in [-0.1, -0.05) is 30.3 Å². The zero-order valence-corrected chi connectivity index (χ0v) is 13.5. The molecule has 1 N–H and O–H groups in total. The molecule has 5 heteroatoms. The minimum absolute atomic E-state index is 0.0651. The molecule has 0 bridgehead atoms. The lowest BCUT2D eigenvalue weighted by Gasteiger charge is -2.24. The maximum absolute atomic E-state index is 13.0. The van der Waals surface area contributed by atoms with E-state index < -0.39 is 5.60 Å². The molecule has 0 spiro atoms. The Kier molecular flexibility index (Phi) is 4.53. The second-order valence-electron chi connectivity index (χ2n) is 6.16. The van der Waals surface area contributed by atoms with Crippen molar-refractivity contribution in [3.63, 3.8) is 0 Å². The third-order valence-corrected chi connectivity index (χ3v) is 4.43. The van der Waals surface area contributed by atoms with Gasteiger partial charge < -0.3 is 14.7 Å². The molecule has 1 aliphatic rings. The van der Waals surface area contributed by atoms with Crippen LogP contribution < -0.4 is 4.74 Å². The van der Waals surface area contributed by atoms with Gasteiger partial charge in [-0.15, -0.1) is 0 Å². The van der Waals surface area contributed by atoms with E-state index >= 15 is 0 Å². The van der Waals surface area contributed by atoms with Gasteiger partial charge in [0.2, 0.25) is 0 Å². The number of benzene rings is 2. The fourth-order valence-electron chi connectivity index (χ4n) is 2.95. The highest BCUT2D eigenvalue weighted by Crippen LogP contribution is 2.32. The average Bonchev–Trinajstić information content (AvgIpc) is 2.98. The first-order valence-electron chi connectivity index (χ1n) is 7.92. The summed E-state index contributed by atoms with van der Waals surface area (Å²) < 4.78 is 18.6. The number of rotatable bonds is 4. The topological polar surface area (TPSA) is 49.8 Å². The van der Waals surface area contributed by atoms with E-state index in [2.05, 4.69) is 0 Å². The number of ether oxygens (including phenoxy) is 1. The maximum Gasteiger partial charge on any atom is 0.260 e. The summed E-state index contributed by atoms with van der Waals surface area (Å²) in [5, 5.41) is 10.7. The van der Waals surface area contributed by atoms with Gasteiger partial charge in [0.25, 0.3) is 5.91 Å². The van der Waals surface area contributed by atoms with Crippen LogP contribution >= 0.6 is 0 Å². The van der Waals surface area contributed by atoms with Gasteiger partial charge in [0, 0.05) is 6.54 Å². The Balaban J connectivity index is 1.61. The molecule has 1 heterocycles. The predicted octanol–water partition coefficient (Wildman–Crippen LogP) is 2.63. The summed E-state index contributed by atoms with van der Waals surface area (Å²) in [4.78, 5) is 13.9. The SMILES string of the molecule is Cc1ccccc1OCC(=O)N1CC[C@@](O)(c2ccc(F)cc2)C1. The van der Waals surface area contributed by atoms with Gasteiger partial charge in [0.15, 0.2) is 6.61 Å². The lowest BCUT2D eigenvalue weighted by molar-refractivity contribution is -0.133. The summed E-state index contributed by atoms with van der Waals surface area (Å²) in [5.41, 5.74) is 0.458. The molecule has 2 aromatic carbocycles. The molecular formula is C19H20FNO3. The summed E-state index contributed by atoms with van der Waals surface area (Å²) >= 11 is 0. The van der Waals surface area contributed by atoms with E-state index in [-0.39, 0.29) is 24.9 Å². The van der Waals surface area contributed by atoms with Crippen molar-refractivity contribution >= 4 is 5.91 Å². The highest BCUT2D eigenvalue weighted by Gasteiger charge is 2.39. The molecule has 0 aliphatic carbocycles. The second-order valence-corrected chi connectivity index (χ2v) is 6.16. The van der Waals surface area contributed by atoms with Crippen LogP contribution in [0, 0.1) is 12.7 Å². The van der Waals surface area contributed by atoms with E-state index in [1.54, 1.807) is 17.0 Å². The molecule has 2 aromatic rings. The van der Waals surface area contributed by atoms with E-state index in [4.69, 9.17) is 4.74 Å². The number of hydrogen-bond donors (Lipinski definition) is 1. The Morgan fingerprint density at radius 3 is 2.67 bits per heavy atom. The van der Waals surface area contributed by atoms with Crippen LogP contribution in [0.15, 0.2) is 48.5 Å². The van der Waals surface area contributed by atoms with Crippen molar-refractivity contribution in [2.75, 3.05) is 19.7 Å². The van der Waals surface area contributed by atoms with Crippen LogP contribution in [0.2, 0.25) is 0 Å². The average molecular weight is 329 g/mol. The number of amides is 1. The van der Waals surface area contributed by atoms with Gasteiger partial charge in [-0.2, -0.15) is 0 Å². The molecule has 3 rings (SSSR count). The number of nitrogens with zero attached hydrogens (tertiary/aromatic N) is 1. The lowest BCUT2D eigenvalue weighted by Crippen LogP contribution is -2.37. The molecule has 0 saturated carbocycles. The van der Waals surface area contributed by atoms with Gasteiger partial charge in [-0.3, -0.25) is 4.79 Å². The molecule has 1 saturated heterocycles. The summed E-state index contributed by atoms with van der Waals surface area (Å²) in [6.07, 6.45) is 0.425. The minimum atomic E-state index is -1.13. The molecule has 4 nitrogen and oxygen atoms in total. The van der Waals surface area contributed by atoms with Crippen LogP contribution in [0.1, 0.15) is 17.5 Å². The van der Waals surface area contributed by atoms with Gasteiger partial charge in [-0.25, -0.2) is 4.39 Å². The maximum atomic E-state index is 13.0. The number of aliphatic hydroxyl groups is 1. The summed E-state index contributed by atoms with van der Waals surface area (Å²) in [6.45, 7) is 2.49.